The van der Waals surface area contributed by atoms with E-state index in [-0.39, 0.29) is 6.61 Å². The van der Waals surface area contributed by atoms with E-state index in [1.54, 1.807) is 0 Å². The number of aromatic nitrogens is 2. The second-order valence-corrected chi connectivity index (χ2v) is 7.52. The molecule has 4 aromatic rings. The minimum atomic E-state index is -0.682. The Bertz CT molecular complexity index is 1100. The van der Waals surface area contributed by atoms with E-state index in [4.69, 9.17) is 14.5 Å². The molecule has 1 aromatic heterocycles. The molecule has 0 spiro atoms. The van der Waals surface area contributed by atoms with Crippen molar-refractivity contribution < 1.29 is 14.6 Å². The lowest BCUT2D eigenvalue weighted by Crippen LogP contribution is -2.25. The second kappa shape index (κ2) is 9.01. The molecule has 0 radical (unpaired) electrons. The van der Waals surface area contributed by atoms with E-state index in [2.05, 4.69) is 6.07 Å². The predicted octanol–water partition coefficient (Wildman–Crippen LogP) is 4.67. The molecule has 0 aliphatic rings. The summed E-state index contributed by atoms with van der Waals surface area (Å²) < 4.78 is 13.8. The third-order valence-corrected chi connectivity index (χ3v) is 4.88. The van der Waals surface area contributed by atoms with Gasteiger partial charge >= 0.3 is 0 Å². The van der Waals surface area contributed by atoms with Gasteiger partial charge in [-0.05, 0) is 61.4 Å². The average molecular weight is 402 g/mol. The van der Waals surface area contributed by atoms with Crippen LogP contribution in [0.5, 0.6) is 11.5 Å². The molecule has 5 nitrogen and oxygen atoms in total. The molecule has 30 heavy (non-hydrogen) atoms. The summed E-state index contributed by atoms with van der Waals surface area (Å²) in [6.45, 7) is 4.97. The number of aryl methyl sites for hydroxylation is 2. The van der Waals surface area contributed by atoms with Gasteiger partial charge in [-0.2, -0.15) is 0 Å². The fourth-order valence-corrected chi connectivity index (χ4v) is 3.58. The van der Waals surface area contributed by atoms with Crippen LogP contribution in [0.25, 0.3) is 11.0 Å². The van der Waals surface area contributed by atoms with Crippen LogP contribution in [0.4, 0.5) is 0 Å². The zero-order chi connectivity index (χ0) is 20.9. The number of aliphatic hydroxyl groups is 1. The third kappa shape index (κ3) is 4.81. The van der Waals surface area contributed by atoms with Gasteiger partial charge < -0.3 is 19.1 Å². The Kier molecular flexibility index (Phi) is 6.00. The number of fused-ring (bicyclic) bond motifs is 1. The van der Waals surface area contributed by atoms with Crippen molar-refractivity contribution in [3.8, 4) is 11.5 Å². The Morgan fingerprint density at radius 3 is 2.33 bits per heavy atom. The highest BCUT2D eigenvalue weighted by atomic mass is 16.5. The van der Waals surface area contributed by atoms with Crippen molar-refractivity contribution >= 4 is 11.0 Å². The minimum Gasteiger partial charge on any atom is -0.491 e. The van der Waals surface area contributed by atoms with Crippen molar-refractivity contribution in [3.63, 3.8) is 0 Å². The Morgan fingerprint density at radius 1 is 0.867 bits per heavy atom. The molecule has 0 unspecified atom stereocenters. The Labute approximate surface area is 176 Å². The topological polar surface area (TPSA) is 56.5 Å². The van der Waals surface area contributed by atoms with E-state index < -0.39 is 6.10 Å². The van der Waals surface area contributed by atoms with Gasteiger partial charge in [0.05, 0.1) is 17.6 Å². The van der Waals surface area contributed by atoms with Gasteiger partial charge in [0.2, 0.25) is 0 Å². The zero-order valence-corrected chi connectivity index (χ0v) is 17.3. The lowest BCUT2D eigenvalue weighted by Gasteiger charge is -2.16. The largest absolute Gasteiger partial charge is 0.491 e. The molecule has 0 saturated carbocycles. The molecule has 1 atom stereocenters. The molecule has 0 bridgehead atoms. The first-order valence-corrected chi connectivity index (χ1v) is 10.1. The molecule has 0 aliphatic carbocycles. The van der Waals surface area contributed by atoms with Crippen LogP contribution in [-0.2, 0) is 13.2 Å². The quantitative estimate of drug-likeness (QED) is 0.465. The van der Waals surface area contributed by atoms with Crippen molar-refractivity contribution in [3.05, 3.63) is 89.7 Å². The summed E-state index contributed by atoms with van der Waals surface area (Å²) in [6, 6.07) is 23.6. The van der Waals surface area contributed by atoms with Crippen LogP contribution < -0.4 is 9.47 Å². The summed E-state index contributed by atoms with van der Waals surface area (Å²) in [5.41, 5.74) is 4.13. The maximum absolute atomic E-state index is 10.7. The Hall–Kier alpha value is -3.31. The molecular formula is C25H26N2O3. The van der Waals surface area contributed by atoms with E-state index in [0.717, 1.165) is 39.5 Å². The fourth-order valence-electron chi connectivity index (χ4n) is 3.58. The molecule has 3 aromatic carbocycles. The van der Waals surface area contributed by atoms with Crippen molar-refractivity contribution in [1.29, 1.82) is 0 Å². The number of para-hydroxylation sites is 3. The minimum absolute atomic E-state index is 0.203. The molecular weight excluding hydrogens is 376 g/mol. The highest BCUT2D eigenvalue weighted by Crippen LogP contribution is 2.20. The van der Waals surface area contributed by atoms with Gasteiger partial charge in [0.1, 0.15) is 36.6 Å². The van der Waals surface area contributed by atoms with E-state index in [0.29, 0.717) is 13.2 Å². The van der Waals surface area contributed by atoms with Gasteiger partial charge in [0, 0.05) is 0 Å². The van der Waals surface area contributed by atoms with Crippen LogP contribution in [0.2, 0.25) is 0 Å². The highest BCUT2D eigenvalue weighted by molar-refractivity contribution is 5.75. The predicted molar refractivity (Wildman–Crippen MR) is 118 cm³/mol. The van der Waals surface area contributed by atoms with Crippen LogP contribution >= 0.6 is 0 Å². The number of imidazole rings is 1. The summed E-state index contributed by atoms with van der Waals surface area (Å²) in [7, 11) is 0. The van der Waals surface area contributed by atoms with E-state index in [9.17, 15) is 5.11 Å². The summed E-state index contributed by atoms with van der Waals surface area (Å²) in [6.07, 6.45) is -0.682. The number of rotatable bonds is 8. The molecule has 1 heterocycles. The summed E-state index contributed by atoms with van der Waals surface area (Å²) in [5, 5.41) is 10.7. The van der Waals surface area contributed by atoms with Gasteiger partial charge in [0.25, 0.3) is 0 Å². The normalized spacial score (nSPS) is 12.1. The standard InChI is InChI=1S/C25H26N2O3/c1-18-12-19(2)14-22(13-18)29-16-20(28)15-27-24-11-7-6-10-23(24)26-25(27)17-30-21-8-4-3-5-9-21/h3-14,20,28H,15-17H2,1-2H3/t20-/m1/s1. The van der Waals surface area contributed by atoms with Crippen LogP contribution in [0, 0.1) is 13.8 Å². The first-order chi connectivity index (χ1) is 14.6. The van der Waals surface area contributed by atoms with E-state index >= 15 is 0 Å². The SMILES string of the molecule is Cc1cc(C)cc(OC[C@H](O)Cn2c(COc3ccccc3)nc3ccccc32)c1. The molecule has 0 amide bonds. The third-order valence-electron chi connectivity index (χ3n) is 4.88. The number of benzene rings is 3. The number of nitrogens with zero attached hydrogens (tertiary/aromatic N) is 2. The lowest BCUT2D eigenvalue weighted by molar-refractivity contribution is 0.0917. The van der Waals surface area contributed by atoms with Crippen molar-refractivity contribution in [2.24, 2.45) is 0 Å². The van der Waals surface area contributed by atoms with Crippen LogP contribution in [0.15, 0.2) is 72.8 Å². The molecule has 0 fully saturated rings. The highest BCUT2D eigenvalue weighted by Gasteiger charge is 2.15. The molecule has 0 aliphatic heterocycles. The van der Waals surface area contributed by atoms with Crippen LogP contribution in [0.1, 0.15) is 17.0 Å². The molecule has 0 saturated heterocycles. The van der Waals surface area contributed by atoms with Gasteiger partial charge in [-0.3, -0.25) is 0 Å². The number of aliphatic hydroxyl groups excluding tert-OH is 1. The summed E-state index contributed by atoms with van der Waals surface area (Å²) >= 11 is 0. The summed E-state index contributed by atoms with van der Waals surface area (Å²) in [5.74, 6) is 2.33. The van der Waals surface area contributed by atoms with Crippen molar-refractivity contribution in [2.75, 3.05) is 6.61 Å². The molecule has 154 valence electrons. The maximum Gasteiger partial charge on any atom is 0.148 e. The summed E-state index contributed by atoms with van der Waals surface area (Å²) in [4.78, 5) is 4.71. The number of ether oxygens (including phenoxy) is 2. The van der Waals surface area contributed by atoms with Crippen LogP contribution in [-0.4, -0.2) is 27.4 Å². The van der Waals surface area contributed by atoms with Gasteiger partial charge in [-0.15, -0.1) is 0 Å². The smallest absolute Gasteiger partial charge is 0.148 e. The lowest BCUT2D eigenvalue weighted by atomic mass is 10.1. The number of hydrogen-bond donors (Lipinski definition) is 1. The second-order valence-electron chi connectivity index (χ2n) is 7.52. The average Bonchev–Trinajstić information content (AvgIpc) is 3.08. The number of hydrogen-bond acceptors (Lipinski definition) is 4. The van der Waals surface area contributed by atoms with Gasteiger partial charge in [0.15, 0.2) is 0 Å². The van der Waals surface area contributed by atoms with E-state index in [1.165, 1.54) is 0 Å². The van der Waals surface area contributed by atoms with Crippen molar-refractivity contribution in [1.82, 2.24) is 9.55 Å². The first kappa shape index (κ1) is 20.0. The fraction of sp³-hybridized carbons (Fsp3) is 0.240. The molecule has 4 rings (SSSR count). The van der Waals surface area contributed by atoms with Gasteiger partial charge in [-0.1, -0.05) is 36.4 Å². The van der Waals surface area contributed by atoms with E-state index in [1.807, 2.05) is 85.1 Å². The molecule has 1 N–H and O–H groups in total. The monoisotopic (exact) mass is 402 g/mol. The van der Waals surface area contributed by atoms with Gasteiger partial charge in [-0.25, -0.2) is 4.98 Å². The van der Waals surface area contributed by atoms with Crippen molar-refractivity contribution in [2.45, 2.75) is 33.1 Å². The Morgan fingerprint density at radius 2 is 1.57 bits per heavy atom. The Balaban J connectivity index is 1.49. The van der Waals surface area contributed by atoms with Crippen LogP contribution in [0.3, 0.4) is 0 Å². The molecule has 5 heteroatoms. The zero-order valence-electron chi connectivity index (χ0n) is 17.3. The first-order valence-electron chi connectivity index (χ1n) is 10.1. The maximum atomic E-state index is 10.7.